The summed E-state index contributed by atoms with van der Waals surface area (Å²) in [5.41, 5.74) is 7.84. The molecule has 3 N–H and O–H groups in total. The number of carbonyl (C=O) groups is 1. The van der Waals surface area contributed by atoms with E-state index in [9.17, 15) is 10.1 Å². The Labute approximate surface area is 166 Å². The summed E-state index contributed by atoms with van der Waals surface area (Å²) >= 11 is 0. The molecular weight excluding hydrogens is 372 g/mol. The number of likely N-dealkylation sites (tertiary alicyclic amines) is 1. The zero-order valence-electron chi connectivity index (χ0n) is 15.4. The molecule has 29 heavy (non-hydrogen) atoms. The highest BCUT2D eigenvalue weighted by atomic mass is 16.4. The fraction of sp³-hybridized carbons (Fsp3) is 0.263. The predicted octanol–water partition coefficient (Wildman–Crippen LogP) is 1.96. The van der Waals surface area contributed by atoms with Crippen molar-refractivity contribution in [3.8, 4) is 23.6 Å². The van der Waals surface area contributed by atoms with E-state index >= 15 is 0 Å². The topological polar surface area (TPSA) is 154 Å². The molecule has 1 aromatic heterocycles. The van der Waals surface area contributed by atoms with E-state index in [4.69, 9.17) is 15.2 Å². The first-order valence-electron chi connectivity index (χ1n) is 8.83. The first-order chi connectivity index (χ1) is 14.1. The van der Waals surface area contributed by atoms with Gasteiger partial charge in [-0.2, -0.15) is 15.6 Å². The Balaban J connectivity index is 1.61. The van der Waals surface area contributed by atoms with E-state index in [1.165, 1.54) is 18.6 Å². The molecule has 146 valence electrons. The molecule has 1 amide bonds. The Morgan fingerprint density at radius 2 is 2.34 bits per heavy atom. The molecule has 0 saturated carbocycles. The highest BCUT2D eigenvalue weighted by Crippen LogP contribution is 2.22. The van der Waals surface area contributed by atoms with Crippen molar-refractivity contribution >= 4 is 5.91 Å². The number of nitrogens with zero attached hydrogens (tertiary/aromatic N) is 5. The van der Waals surface area contributed by atoms with Crippen molar-refractivity contribution in [2.75, 3.05) is 13.1 Å². The van der Waals surface area contributed by atoms with E-state index < -0.39 is 5.91 Å². The molecule has 1 aliphatic rings. The van der Waals surface area contributed by atoms with Gasteiger partial charge >= 0.3 is 5.91 Å². The van der Waals surface area contributed by atoms with E-state index in [0.29, 0.717) is 36.4 Å². The van der Waals surface area contributed by atoms with Crippen molar-refractivity contribution in [2.24, 2.45) is 5.11 Å². The number of rotatable bonds is 7. The highest BCUT2D eigenvalue weighted by molar-refractivity contribution is 5.90. The molecular formula is C19H18N8O2. The Bertz CT molecular complexity index is 1000. The van der Waals surface area contributed by atoms with Gasteiger partial charge in [-0.15, -0.1) is 0 Å². The smallest absolute Gasteiger partial charge is 0.307 e. The lowest BCUT2D eigenvalue weighted by molar-refractivity contribution is 0.0904. The molecule has 1 aliphatic heterocycles. The SMILES string of the molecule is N#Cc1cccc(-c2cnc(C(=O)N[C@@H]3C[C@@H](CN/C=C\N=N)N(C#N)C3)o2)c1. The second-order valence-corrected chi connectivity index (χ2v) is 6.39. The summed E-state index contributed by atoms with van der Waals surface area (Å²) in [6.45, 7) is 0.878. The lowest BCUT2D eigenvalue weighted by Gasteiger charge is -2.17. The van der Waals surface area contributed by atoms with E-state index in [1.54, 1.807) is 29.2 Å². The van der Waals surface area contributed by atoms with Gasteiger partial charge in [-0.1, -0.05) is 12.1 Å². The first-order valence-corrected chi connectivity index (χ1v) is 8.83. The number of nitrogens with one attached hydrogen (secondary N) is 3. The quantitative estimate of drug-likeness (QED) is 0.482. The van der Waals surface area contributed by atoms with E-state index in [-0.39, 0.29) is 18.0 Å². The summed E-state index contributed by atoms with van der Waals surface area (Å²) in [6, 6.07) is 8.57. The number of nitriles is 2. The maximum Gasteiger partial charge on any atom is 0.307 e. The molecule has 0 bridgehead atoms. The van der Waals surface area contributed by atoms with Gasteiger partial charge in [0, 0.05) is 30.9 Å². The maximum atomic E-state index is 12.5. The Morgan fingerprint density at radius 3 is 3.10 bits per heavy atom. The van der Waals surface area contributed by atoms with Crippen LogP contribution in [0.25, 0.3) is 11.3 Å². The van der Waals surface area contributed by atoms with Crippen molar-refractivity contribution in [1.82, 2.24) is 20.5 Å². The number of carbonyl (C=O) groups excluding carboxylic acids is 1. The number of aromatic nitrogens is 1. The van der Waals surface area contributed by atoms with Gasteiger partial charge in [0.15, 0.2) is 12.0 Å². The lowest BCUT2D eigenvalue weighted by Crippen LogP contribution is -2.36. The van der Waals surface area contributed by atoms with E-state index in [0.717, 1.165) is 0 Å². The Kier molecular flexibility index (Phi) is 6.18. The molecule has 0 radical (unpaired) electrons. The zero-order valence-corrected chi connectivity index (χ0v) is 15.4. The van der Waals surface area contributed by atoms with E-state index in [1.807, 2.05) is 0 Å². The third-order valence-corrected chi connectivity index (χ3v) is 4.47. The van der Waals surface area contributed by atoms with Crippen LogP contribution in [0.15, 0.2) is 52.4 Å². The molecule has 3 rings (SSSR count). The monoisotopic (exact) mass is 390 g/mol. The van der Waals surface area contributed by atoms with Gasteiger partial charge in [-0.25, -0.2) is 10.5 Å². The van der Waals surface area contributed by atoms with Crippen molar-refractivity contribution in [1.29, 1.82) is 16.1 Å². The second-order valence-electron chi connectivity index (χ2n) is 6.39. The van der Waals surface area contributed by atoms with Crippen molar-refractivity contribution < 1.29 is 9.21 Å². The largest absolute Gasteiger partial charge is 0.432 e. The third-order valence-electron chi connectivity index (χ3n) is 4.47. The fourth-order valence-corrected chi connectivity index (χ4v) is 3.13. The van der Waals surface area contributed by atoms with Crippen LogP contribution in [0.3, 0.4) is 0 Å². The van der Waals surface area contributed by atoms with E-state index in [2.05, 4.69) is 33.0 Å². The molecule has 0 unspecified atom stereocenters. The molecule has 10 heteroatoms. The van der Waals surface area contributed by atoms with Gasteiger partial charge in [0.25, 0.3) is 5.89 Å². The van der Waals surface area contributed by atoms with Crippen molar-refractivity contribution in [2.45, 2.75) is 18.5 Å². The predicted molar refractivity (Wildman–Crippen MR) is 101 cm³/mol. The van der Waals surface area contributed by atoms with Crippen LogP contribution < -0.4 is 10.6 Å². The average molecular weight is 390 g/mol. The van der Waals surface area contributed by atoms with Gasteiger partial charge < -0.3 is 20.0 Å². The molecule has 1 saturated heterocycles. The molecule has 10 nitrogen and oxygen atoms in total. The molecule has 2 heterocycles. The maximum absolute atomic E-state index is 12.5. The molecule has 0 aliphatic carbocycles. The Morgan fingerprint density at radius 1 is 1.48 bits per heavy atom. The van der Waals surface area contributed by atoms with Crippen LogP contribution in [-0.2, 0) is 0 Å². The van der Waals surface area contributed by atoms with Crippen LogP contribution in [0, 0.1) is 28.3 Å². The van der Waals surface area contributed by atoms with Gasteiger partial charge in [-0.05, 0) is 18.6 Å². The minimum Gasteiger partial charge on any atom is -0.432 e. The zero-order chi connectivity index (χ0) is 20.6. The summed E-state index contributed by atoms with van der Waals surface area (Å²) in [5, 5.41) is 27.2. The van der Waals surface area contributed by atoms with Crippen LogP contribution in [0.5, 0.6) is 0 Å². The summed E-state index contributed by atoms with van der Waals surface area (Å²) in [4.78, 5) is 18.1. The molecule has 1 fully saturated rings. The number of oxazole rings is 1. The number of hydrogen-bond donors (Lipinski definition) is 3. The summed E-state index contributed by atoms with van der Waals surface area (Å²) in [5.74, 6) is -0.143. The first kappa shape index (κ1) is 19.6. The fourth-order valence-electron chi connectivity index (χ4n) is 3.13. The lowest BCUT2D eigenvalue weighted by atomic mass is 10.1. The molecule has 0 spiro atoms. The molecule has 2 atom stereocenters. The molecule has 1 aromatic carbocycles. The van der Waals surface area contributed by atoms with Crippen LogP contribution >= 0.6 is 0 Å². The van der Waals surface area contributed by atoms with Crippen LogP contribution in [0.1, 0.15) is 22.7 Å². The van der Waals surface area contributed by atoms with Gasteiger partial charge in [0.05, 0.1) is 30.1 Å². The highest BCUT2D eigenvalue weighted by Gasteiger charge is 2.33. The molecule has 2 aromatic rings. The standard InChI is InChI=1S/C19H18N8O2/c20-8-13-2-1-3-14(6-13)17-10-24-19(29-17)18(28)26-15-7-16(27(11-15)12-21)9-23-4-5-25-22/h1-6,10,15-16,22-23H,7,9,11H2,(H,26,28)/b5-4-,25-22?/t15-,16+/m1/s1. The number of hydrogen-bond acceptors (Lipinski definition) is 9. The minimum atomic E-state index is -0.461. The van der Waals surface area contributed by atoms with Crippen LogP contribution in [0.2, 0.25) is 0 Å². The Hall–Kier alpha value is -4.18. The normalized spacial score (nSPS) is 18.2. The van der Waals surface area contributed by atoms with Gasteiger partial charge in [0.2, 0.25) is 0 Å². The van der Waals surface area contributed by atoms with Crippen LogP contribution in [-0.4, -0.2) is 41.0 Å². The second kappa shape index (κ2) is 9.15. The van der Waals surface area contributed by atoms with Crippen molar-refractivity contribution in [3.05, 3.63) is 54.3 Å². The van der Waals surface area contributed by atoms with Gasteiger partial charge in [0.1, 0.15) is 0 Å². The van der Waals surface area contributed by atoms with Gasteiger partial charge in [-0.3, -0.25) is 4.79 Å². The number of benzene rings is 1. The van der Waals surface area contributed by atoms with Crippen molar-refractivity contribution in [3.63, 3.8) is 0 Å². The minimum absolute atomic E-state index is 0.0764. The number of amides is 1. The van der Waals surface area contributed by atoms with Crippen LogP contribution in [0.4, 0.5) is 0 Å². The third kappa shape index (κ3) is 4.76. The summed E-state index contributed by atoms with van der Waals surface area (Å²) < 4.78 is 5.55. The summed E-state index contributed by atoms with van der Waals surface area (Å²) in [6.07, 6.45) is 6.98. The average Bonchev–Trinajstić information content (AvgIpc) is 3.38. The summed E-state index contributed by atoms with van der Waals surface area (Å²) in [7, 11) is 0.